The zero-order valence-electron chi connectivity index (χ0n) is 10.9. The van der Waals surface area contributed by atoms with Crippen molar-refractivity contribution in [3.8, 4) is 0 Å². The lowest BCUT2D eigenvalue weighted by molar-refractivity contribution is -0.178. The minimum Gasteiger partial charge on any atom is -0.468 e. The number of hydrogen-bond acceptors (Lipinski definition) is 3. The van der Waals surface area contributed by atoms with Crippen molar-refractivity contribution in [2.75, 3.05) is 6.61 Å². The van der Waals surface area contributed by atoms with Crippen LogP contribution in [0.5, 0.6) is 0 Å². The SMILES string of the molecule is C[C@H](N[C@@H]1[C@@H]2CCO[C@@H]2C12CCC2)c1ccco1. The summed E-state index contributed by atoms with van der Waals surface area (Å²) in [4.78, 5) is 0. The third-order valence-electron chi connectivity index (χ3n) is 5.44. The number of nitrogens with one attached hydrogen (secondary N) is 1. The molecule has 3 nitrogen and oxygen atoms in total. The van der Waals surface area contributed by atoms with Crippen molar-refractivity contribution in [1.82, 2.24) is 5.32 Å². The largest absolute Gasteiger partial charge is 0.468 e. The van der Waals surface area contributed by atoms with E-state index in [0.29, 0.717) is 23.6 Å². The molecule has 1 aromatic rings. The summed E-state index contributed by atoms with van der Waals surface area (Å²) < 4.78 is 11.5. The minimum absolute atomic E-state index is 0.309. The molecule has 2 saturated carbocycles. The van der Waals surface area contributed by atoms with Crippen LogP contribution in [0.25, 0.3) is 0 Å². The van der Waals surface area contributed by atoms with Gasteiger partial charge in [-0.05, 0) is 38.3 Å². The van der Waals surface area contributed by atoms with Crippen LogP contribution in [-0.4, -0.2) is 18.8 Å². The predicted molar refractivity (Wildman–Crippen MR) is 68.2 cm³/mol. The van der Waals surface area contributed by atoms with E-state index in [9.17, 15) is 0 Å². The van der Waals surface area contributed by atoms with Crippen LogP contribution in [0.4, 0.5) is 0 Å². The molecule has 0 bridgehead atoms. The second-order valence-corrected chi connectivity index (χ2v) is 6.21. The Morgan fingerprint density at radius 3 is 3.00 bits per heavy atom. The molecule has 1 spiro atoms. The fourth-order valence-electron chi connectivity index (χ4n) is 4.38. The van der Waals surface area contributed by atoms with Gasteiger partial charge in [0, 0.05) is 24.0 Å². The highest BCUT2D eigenvalue weighted by atomic mass is 16.5. The molecule has 3 heteroatoms. The molecule has 98 valence electrons. The molecule has 3 fully saturated rings. The van der Waals surface area contributed by atoms with Crippen molar-refractivity contribution < 1.29 is 9.15 Å². The molecule has 3 aliphatic rings. The molecule has 4 atom stereocenters. The molecule has 0 aromatic carbocycles. The smallest absolute Gasteiger partial charge is 0.120 e. The Morgan fingerprint density at radius 1 is 1.44 bits per heavy atom. The summed E-state index contributed by atoms with van der Waals surface area (Å²) in [6.45, 7) is 3.17. The van der Waals surface area contributed by atoms with Gasteiger partial charge in [-0.3, -0.25) is 0 Å². The molecule has 1 saturated heterocycles. The van der Waals surface area contributed by atoms with Gasteiger partial charge in [-0.2, -0.15) is 0 Å². The Labute approximate surface area is 108 Å². The first kappa shape index (κ1) is 11.1. The molecular weight excluding hydrogens is 226 g/mol. The standard InChI is InChI=1S/C15H21NO2/c1-10(12-4-2-8-17-12)16-13-11-5-9-18-14(11)15(13)6-3-7-15/h2,4,8,10-11,13-14,16H,3,5-7,9H2,1H3/t10-,11-,13+,14-/m0/s1. The Kier molecular flexibility index (Phi) is 2.36. The first-order valence-electron chi connectivity index (χ1n) is 7.22. The van der Waals surface area contributed by atoms with E-state index in [1.54, 1.807) is 6.26 Å². The molecule has 18 heavy (non-hydrogen) atoms. The molecule has 2 aliphatic carbocycles. The van der Waals surface area contributed by atoms with Crippen LogP contribution in [-0.2, 0) is 4.74 Å². The van der Waals surface area contributed by atoms with Gasteiger partial charge in [-0.1, -0.05) is 6.42 Å². The van der Waals surface area contributed by atoms with Gasteiger partial charge in [0.05, 0.1) is 18.4 Å². The van der Waals surface area contributed by atoms with E-state index in [-0.39, 0.29) is 0 Å². The summed E-state index contributed by atoms with van der Waals surface area (Å²) in [5.74, 6) is 1.79. The topological polar surface area (TPSA) is 34.4 Å². The minimum atomic E-state index is 0.309. The molecule has 0 amide bonds. The van der Waals surface area contributed by atoms with Gasteiger partial charge >= 0.3 is 0 Å². The summed E-state index contributed by atoms with van der Waals surface area (Å²) in [5, 5.41) is 3.81. The van der Waals surface area contributed by atoms with Crippen LogP contribution in [0.1, 0.15) is 44.4 Å². The van der Waals surface area contributed by atoms with Gasteiger partial charge in [-0.25, -0.2) is 0 Å². The van der Waals surface area contributed by atoms with Crippen molar-refractivity contribution in [3.05, 3.63) is 24.2 Å². The molecule has 0 unspecified atom stereocenters. The van der Waals surface area contributed by atoms with Crippen molar-refractivity contribution in [2.45, 2.75) is 50.8 Å². The lowest BCUT2D eigenvalue weighted by atomic mass is 9.46. The Hall–Kier alpha value is -0.800. The quantitative estimate of drug-likeness (QED) is 0.892. The lowest BCUT2D eigenvalue weighted by Gasteiger charge is -2.64. The van der Waals surface area contributed by atoms with Gasteiger partial charge in [-0.15, -0.1) is 0 Å². The zero-order valence-corrected chi connectivity index (χ0v) is 10.9. The maximum atomic E-state index is 5.95. The summed E-state index contributed by atoms with van der Waals surface area (Å²) in [5.41, 5.74) is 0.460. The monoisotopic (exact) mass is 247 g/mol. The molecule has 1 aromatic heterocycles. The van der Waals surface area contributed by atoms with Crippen LogP contribution in [0, 0.1) is 11.3 Å². The Bertz CT molecular complexity index is 424. The first-order valence-corrected chi connectivity index (χ1v) is 7.22. The molecular formula is C15H21NO2. The maximum absolute atomic E-state index is 5.95. The van der Waals surface area contributed by atoms with Crippen molar-refractivity contribution in [1.29, 1.82) is 0 Å². The number of rotatable bonds is 3. The predicted octanol–water partition coefficient (Wildman–Crippen LogP) is 2.89. The molecule has 4 rings (SSSR count). The van der Waals surface area contributed by atoms with Gasteiger partial charge in [0.15, 0.2) is 0 Å². The second kappa shape index (κ2) is 3.84. The normalized spacial score (nSPS) is 37.9. The lowest BCUT2D eigenvalue weighted by Crippen LogP contribution is -2.71. The summed E-state index contributed by atoms with van der Waals surface area (Å²) in [6, 6.07) is 4.98. The van der Waals surface area contributed by atoms with Gasteiger partial charge in [0.2, 0.25) is 0 Å². The summed E-state index contributed by atoms with van der Waals surface area (Å²) in [7, 11) is 0. The van der Waals surface area contributed by atoms with E-state index in [4.69, 9.17) is 9.15 Å². The average molecular weight is 247 g/mol. The van der Waals surface area contributed by atoms with E-state index in [1.165, 1.54) is 25.7 Å². The first-order chi connectivity index (χ1) is 8.81. The average Bonchev–Trinajstić information content (AvgIpc) is 2.93. The fourth-order valence-corrected chi connectivity index (χ4v) is 4.38. The second-order valence-electron chi connectivity index (χ2n) is 6.21. The number of fused-ring (bicyclic) bond motifs is 2. The Morgan fingerprint density at radius 2 is 2.33 bits per heavy atom. The van der Waals surface area contributed by atoms with E-state index in [2.05, 4.69) is 18.3 Å². The summed E-state index contributed by atoms with van der Waals surface area (Å²) >= 11 is 0. The fraction of sp³-hybridized carbons (Fsp3) is 0.733. The highest BCUT2D eigenvalue weighted by Gasteiger charge is 2.66. The summed E-state index contributed by atoms with van der Waals surface area (Å²) in [6.07, 6.45) is 7.60. The van der Waals surface area contributed by atoms with Crippen LogP contribution in [0.2, 0.25) is 0 Å². The van der Waals surface area contributed by atoms with Crippen molar-refractivity contribution in [3.63, 3.8) is 0 Å². The van der Waals surface area contributed by atoms with Crippen LogP contribution in [0.3, 0.4) is 0 Å². The zero-order chi connectivity index (χ0) is 12.2. The number of ether oxygens (including phenoxy) is 1. The molecule has 2 heterocycles. The molecule has 1 aliphatic heterocycles. The van der Waals surface area contributed by atoms with Crippen molar-refractivity contribution >= 4 is 0 Å². The maximum Gasteiger partial charge on any atom is 0.120 e. The highest BCUT2D eigenvalue weighted by Crippen LogP contribution is 2.63. The number of hydrogen-bond donors (Lipinski definition) is 1. The van der Waals surface area contributed by atoms with Crippen LogP contribution in [0.15, 0.2) is 22.8 Å². The van der Waals surface area contributed by atoms with E-state index in [1.807, 2.05) is 6.07 Å². The third kappa shape index (κ3) is 1.32. The Balaban J connectivity index is 1.51. The molecule has 1 N–H and O–H groups in total. The van der Waals surface area contributed by atoms with E-state index >= 15 is 0 Å². The third-order valence-corrected chi connectivity index (χ3v) is 5.44. The van der Waals surface area contributed by atoms with E-state index in [0.717, 1.165) is 18.3 Å². The van der Waals surface area contributed by atoms with Crippen LogP contribution >= 0.6 is 0 Å². The van der Waals surface area contributed by atoms with Crippen LogP contribution < -0.4 is 5.32 Å². The highest BCUT2D eigenvalue weighted by molar-refractivity contribution is 5.19. The van der Waals surface area contributed by atoms with Gasteiger partial charge < -0.3 is 14.5 Å². The van der Waals surface area contributed by atoms with Crippen molar-refractivity contribution in [2.24, 2.45) is 11.3 Å². The molecule has 0 radical (unpaired) electrons. The van der Waals surface area contributed by atoms with Gasteiger partial charge in [0.1, 0.15) is 5.76 Å². The van der Waals surface area contributed by atoms with E-state index < -0.39 is 0 Å². The number of furan rings is 1. The van der Waals surface area contributed by atoms with Gasteiger partial charge in [0.25, 0.3) is 0 Å².